The number of nitrogens with one attached hydrogen (secondary N) is 1. The number of rotatable bonds is 8. The smallest absolute Gasteiger partial charge is 0.407 e. The summed E-state index contributed by atoms with van der Waals surface area (Å²) in [4.78, 5) is 22.2. The number of unbranched alkanes of at least 4 members (excludes halogenated alkanes) is 3. The SMILES string of the molecule is CCCCC/C=C\CCOC(=O)N[C@H]1CCC1=O. The summed E-state index contributed by atoms with van der Waals surface area (Å²) < 4.78 is 4.97. The Bertz CT molecular complexity index is 299. The average molecular weight is 253 g/mol. The molecule has 1 amide bonds. The maximum absolute atomic E-state index is 11.3. The minimum absolute atomic E-state index is 0.0998. The molecule has 0 aromatic carbocycles. The van der Waals surface area contributed by atoms with E-state index in [1.807, 2.05) is 6.08 Å². The van der Waals surface area contributed by atoms with Crippen LogP contribution in [-0.2, 0) is 9.53 Å². The standard InChI is InChI=1S/C14H23NO3/c1-2-3-4-5-6-7-8-11-18-14(17)15-12-9-10-13(12)16/h6-7,12H,2-5,8-11H2,1H3,(H,15,17)/b7-6-/t12-/m0/s1. The highest BCUT2D eigenvalue weighted by Crippen LogP contribution is 2.13. The molecule has 0 unspecified atom stereocenters. The fraction of sp³-hybridized carbons (Fsp3) is 0.714. The zero-order valence-corrected chi connectivity index (χ0v) is 11.1. The van der Waals surface area contributed by atoms with Crippen molar-refractivity contribution in [3.05, 3.63) is 12.2 Å². The number of alkyl carbamates (subject to hydrolysis) is 1. The molecular formula is C14H23NO3. The van der Waals surface area contributed by atoms with Crippen LogP contribution in [0.1, 0.15) is 51.9 Å². The van der Waals surface area contributed by atoms with Crippen molar-refractivity contribution < 1.29 is 14.3 Å². The molecule has 0 aromatic heterocycles. The van der Waals surface area contributed by atoms with Gasteiger partial charge in [0.2, 0.25) is 0 Å². The van der Waals surface area contributed by atoms with E-state index in [0.717, 1.165) is 19.3 Å². The predicted molar refractivity (Wildman–Crippen MR) is 70.4 cm³/mol. The molecule has 0 aromatic rings. The van der Waals surface area contributed by atoms with Gasteiger partial charge in [-0.1, -0.05) is 31.9 Å². The second kappa shape index (κ2) is 8.72. The van der Waals surface area contributed by atoms with Crippen molar-refractivity contribution in [2.75, 3.05) is 6.61 Å². The molecule has 0 heterocycles. The minimum atomic E-state index is -0.479. The van der Waals surface area contributed by atoms with Crippen molar-refractivity contribution in [1.29, 1.82) is 0 Å². The summed E-state index contributed by atoms with van der Waals surface area (Å²) in [5.41, 5.74) is 0. The third-order valence-electron chi connectivity index (χ3n) is 3.02. The van der Waals surface area contributed by atoms with Crippen molar-refractivity contribution in [2.45, 2.75) is 57.9 Å². The van der Waals surface area contributed by atoms with Crippen LogP contribution < -0.4 is 5.32 Å². The zero-order valence-electron chi connectivity index (χ0n) is 11.1. The Balaban J connectivity index is 1.93. The van der Waals surface area contributed by atoms with Crippen LogP contribution in [0, 0.1) is 0 Å². The fourth-order valence-corrected chi connectivity index (χ4v) is 1.71. The van der Waals surface area contributed by atoms with E-state index in [-0.39, 0.29) is 11.8 Å². The van der Waals surface area contributed by atoms with Gasteiger partial charge in [-0.3, -0.25) is 4.79 Å². The summed E-state index contributed by atoms with van der Waals surface area (Å²) in [6, 6.07) is -0.304. The van der Waals surface area contributed by atoms with E-state index in [9.17, 15) is 9.59 Å². The van der Waals surface area contributed by atoms with Gasteiger partial charge in [0.1, 0.15) is 0 Å². The number of ether oxygens (including phenoxy) is 1. The van der Waals surface area contributed by atoms with Gasteiger partial charge in [0.15, 0.2) is 5.78 Å². The topological polar surface area (TPSA) is 55.4 Å². The summed E-state index contributed by atoms with van der Waals surface area (Å²) >= 11 is 0. The van der Waals surface area contributed by atoms with Gasteiger partial charge in [-0.15, -0.1) is 0 Å². The lowest BCUT2D eigenvalue weighted by atomic mass is 9.91. The molecule has 1 fully saturated rings. The lowest BCUT2D eigenvalue weighted by Gasteiger charge is -2.24. The normalized spacial score (nSPS) is 18.7. The number of amides is 1. The van der Waals surface area contributed by atoms with Gasteiger partial charge in [-0.2, -0.15) is 0 Å². The minimum Gasteiger partial charge on any atom is -0.449 e. The lowest BCUT2D eigenvalue weighted by Crippen LogP contribution is -2.47. The zero-order chi connectivity index (χ0) is 13.2. The molecule has 1 saturated carbocycles. The largest absolute Gasteiger partial charge is 0.449 e. The van der Waals surface area contributed by atoms with E-state index in [0.29, 0.717) is 13.0 Å². The summed E-state index contributed by atoms with van der Waals surface area (Å²) in [6.45, 7) is 2.56. The van der Waals surface area contributed by atoms with Gasteiger partial charge >= 0.3 is 6.09 Å². The molecule has 1 N–H and O–H groups in total. The van der Waals surface area contributed by atoms with Crippen molar-refractivity contribution >= 4 is 11.9 Å². The number of hydrogen-bond donors (Lipinski definition) is 1. The molecular weight excluding hydrogens is 230 g/mol. The molecule has 4 nitrogen and oxygen atoms in total. The van der Waals surface area contributed by atoms with E-state index >= 15 is 0 Å². The van der Waals surface area contributed by atoms with E-state index in [2.05, 4.69) is 18.3 Å². The third-order valence-corrected chi connectivity index (χ3v) is 3.02. The number of allylic oxidation sites excluding steroid dienone is 1. The van der Waals surface area contributed by atoms with Crippen LogP contribution in [0.15, 0.2) is 12.2 Å². The second-order valence-corrected chi connectivity index (χ2v) is 4.59. The maximum Gasteiger partial charge on any atom is 0.407 e. The van der Waals surface area contributed by atoms with Crippen LogP contribution in [0.3, 0.4) is 0 Å². The van der Waals surface area contributed by atoms with Crippen LogP contribution in [-0.4, -0.2) is 24.5 Å². The Kier molecular flexibility index (Phi) is 7.14. The van der Waals surface area contributed by atoms with Gasteiger partial charge < -0.3 is 10.1 Å². The molecule has 1 aliphatic carbocycles. The van der Waals surface area contributed by atoms with Gasteiger partial charge in [-0.25, -0.2) is 4.79 Å². The van der Waals surface area contributed by atoms with Crippen molar-refractivity contribution in [3.8, 4) is 0 Å². The van der Waals surface area contributed by atoms with E-state index in [1.165, 1.54) is 19.3 Å². The summed E-state index contributed by atoms with van der Waals surface area (Å²) in [6.07, 6.45) is 10.6. The molecule has 1 atom stereocenters. The molecule has 18 heavy (non-hydrogen) atoms. The molecule has 0 saturated heterocycles. The first kappa shape index (κ1) is 14.7. The maximum atomic E-state index is 11.3. The lowest BCUT2D eigenvalue weighted by molar-refractivity contribution is -0.126. The first-order valence-corrected chi connectivity index (χ1v) is 6.85. The van der Waals surface area contributed by atoms with E-state index in [1.54, 1.807) is 0 Å². The second-order valence-electron chi connectivity index (χ2n) is 4.59. The summed E-state index contributed by atoms with van der Waals surface area (Å²) in [5.74, 6) is 0.0998. The van der Waals surface area contributed by atoms with Crippen LogP contribution in [0.5, 0.6) is 0 Å². The molecule has 1 aliphatic rings. The highest BCUT2D eigenvalue weighted by atomic mass is 16.5. The first-order chi connectivity index (χ1) is 8.74. The van der Waals surface area contributed by atoms with Crippen molar-refractivity contribution in [2.24, 2.45) is 0 Å². The van der Waals surface area contributed by atoms with Gasteiger partial charge in [0.25, 0.3) is 0 Å². The van der Waals surface area contributed by atoms with Gasteiger partial charge in [0, 0.05) is 6.42 Å². The monoisotopic (exact) mass is 253 g/mol. The Labute approximate surface area is 109 Å². The van der Waals surface area contributed by atoms with E-state index in [4.69, 9.17) is 4.74 Å². The van der Waals surface area contributed by atoms with Crippen LogP contribution in [0.2, 0.25) is 0 Å². The molecule has 0 spiro atoms. The first-order valence-electron chi connectivity index (χ1n) is 6.85. The Morgan fingerprint density at radius 3 is 2.78 bits per heavy atom. The molecule has 4 heteroatoms. The van der Waals surface area contributed by atoms with Crippen molar-refractivity contribution in [3.63, 3.8) is 0 Å². The predicted octanol–water partition coefficient (Wildman–Crippen LogP) is 2.97. The number of Topliss-reactive ketones (excluding diaryl/α,β-unsaturated/α-hetero) is 1. The number of carbonyl (C=O) groups excluding carboxylic acids is 2. The molecule has 102 valence electrons. The third kappa shape index (κ3) is 5.84. The Hall–Kier alpha value is -1.32. The van der Waals surface area contributed by atoms with E-state index < -0.39 is 6.09 Å². The summed E-state index contributed by atoms with van der Waals surface area (Å²) in [7, 11) is 0. The van der Waals surface area contributed by atoms with Gasteiger partial charge in [0.05, 0.1) is 12.6 Å². The molecule has 0 radical (unpaired) electrons. The van der Waals surface area contributed by atoms with Crippen LogP contribution >= 0.6 is 0 Å². The fourth-order valence-electron chi connectivity index (χ4n) is 1.71. The quantitative estimate of drug-likeness (QED) is 0.534. The molecule has 0 bridgehead atoms. The highest BCUT2D eigenvalue weighted by Gasteiger charge is 2.29. The van der Waals surface area contributed by atoms with Crippen molar-refractivity contribution in [1.82, 2.24) is 5.32 Å². The van der Waals surface area contributed by atoms with Crippen LogP contribution in [0.4, 0.5) is 4.79 Å². The summed E-state index contributed by atoms with van der Waals surface area (Å²) in [5, 5.41) is 2.55. The van der Waals surface area contributed by atoms with Gasteiger partial charge in [-0.05, 0) is 25.7 Å². The van der Waals surface area contributed by atoms with Crippen LogP contribution in [0.25, 0.3) is 0 Å². The highest BCUT2D eigenvalue weighted by molar-refractivity contribution is 5.92. The number of ketones is 1. The average Bonchev–Trinajstić information content (AvgIpc) is 2.37. The molecule has 0 aliphatic heterocycles. The Morgan fingerprint density at radius 2 is 2.17 bits per heavy atom. The number of hydrogen-bond acceptors (Lipinski definition) is 3. The Morgan fingerprint density at radius 1 is 1.39 bits per heavy atom. The molecule has 1 rings (SSSR count). The number of carbonyl (C=O) groups is 2.